The van der Waals surface area contributed by atoms with Gasteiger partial charge in [0.25, 0.3) is 0 Å². The molecule has 0 unspecified atom stereocenters. The molecule has 0 saturated heterocycles. The molecule has 3 nitrogen and oxygen atoms in total. The average molecular weight is 614 g/mol. The van der Waals surface area contributed by atoms with Gasteiger partial charge < -0.3 is 0 Å². The fourth-order valence-corrected chi connectivity index (χ4v) is 6.42. The lowest BCUT2D eigenvalue weighted by Gasteiger charge is -2.12. The van der Waals surface area contributed by atoms with E-state index in [0.717, 1.165) is 27.8 Å². The Kier molecular flexibility index (Phi) is 7.70. The number of amidine groups is 2. The lowest BCUT2D eigenvalue weighted by molar-refractivity contribution is 1.40. The number of nitrogens with zero attached hydrogens (tertiary/aromatic N) is 2. The molecule has 0 atom stereocenters. The van der Waals surface area contributed by atoms with Crippen LogP contribution >= 0.6 is 0 Å². The van der Waals surface area contributed by atoms with Gasteiger partial charge in [-0.1, -0.05) is 158 Å². The summed E-state index contributed by atoms with van der Waals surface area (Å²) in [6, 6.07) is 60.7. The van der Waals surface area contributed by atoms with Gasteiger partial charge in [-0.05, 0) is 78.3 Å². The van der Waals surface area contributed by atoms with E-state index in [9.17, 15) is 0 Å². The Balaban J connectivity index is 1.14. The molecule has 8 aromatic rings. The molecule has 0 amide bonds. The molecule has 0 aliphatic carbocycles. The SMILES string of the molecule is N=C(N=C(N=Cc1cccc(-c2cccc(-c3ccc4c5ccccc5c5ccccc5c4c3)c2)c1)c1ccccc1)c1ccccc1. The van der Waals surface area contributed by atoms with Gasteiger partial charge in [0.1, 0.15) is 0 Å². The maximum Gasteiger partial charge on any atom is 0.161 e. The molecule has 0 fully saturated rings. The molecule has 8 rings (SSSR count). The van der Waals surface area contributed by atoms with Crippen LogP contribution < -0.4 is 0 Å². The molecule has 3 heteroatoms. The van der Waals surface area contributed by atoms with Gasteiger partial charge in [-0.15, -0.1) is 0 Å². The van der Waals surface area contributed by atoms with Gasteiger partial charge >= 0.3 is 0 Å². The van der Waals surface area contributed by atoms with Crippen LogP contribution in [-0.4, -0.2) is 17.9 Å². The van der Waals surface area contributed by atoms with Crippen molar-refractivity contribution in [3.63, 3.8) is 0 Å². The van der Waals surface area contributed by atoms with Crippen molar-refractivity contribution in [3.05, 3.63) is 193 Å². The quantitative estimate of drug-likeness (QED) is 0.114. The van der Waals surface area contributed by atoms with Crippen molar-refractivity contribution in [1.82, 2.24) is 0 Å². The van der Waals surface area contributed by atoms with Gasteiger partial charge in [0.15, 0.2) is 11.7 Å². The zero-order valence-electron chi connectivity index (χ0n) is 26.2. The Labute approximate surface area is 279 Å². The van der Waals surface area contributed by atoms with Gasteiger partial charge in [-0.3, -0.25) is 5.41 Å². The monoisotopic (exact) mass is 613 g/mol. The summed E-state index contributed by atoms with van der Waals surface area (Å²) in [6.07, 6.45) is 1.83. The lowest BCUT2D eigenvalue weighted by Crippen LogP contribution is -2.04. The van der Waals surface area contributed by atoms with Crippen LogP contribution in [-0.2, 0) is 0 Å². The van der Waals surface area contributed by atoms with Crippen molar-refractivity contribution in [2.24, 2.45) is 9.98 Å². The molecule has 226 valence electrons. The molecule has 0 heterocycles. The maximum atomic E-state index is 8.59. The zero-order valence-corrected chi connectivity index (χ0v) is 26.2. The van der Waals surface area contributed by atoms with E-state index in [1.165, 1.54) is 43.4 Å². The van der Waals surface area contributed by atoms with Gasteiger partial charge in [0.2, 0.25) is 0 Å². The molecule has 0 spiro atoms. The minimum atomic E-state index is 0.173. The van der Waals surface area contributed by atoms with Crippen molar-refractivity contribution in [3.8, 4) is 22.3 Å². The van der Waals surface area contributed by atoms with Crippen LogP contribution in [0.5, 0.6) is 0 Å². The lowest BCUT2D eigenvalue weighted by atomic mass is 9.91. The maximum absolute atomic E-state index is 8.59. The standard InChI is InChI=1S/C45H31N3/c46-44(32-14-3-1-4-15-32)48-45(33-16-5-2-6-17-33)47-30-31-13-11-18-34(27-31)35-19-12-20-36(28-35)37-25-26-42-40-23-8-7-21-38(40)39-22-9-10-24-41(39)43(42)29-37/h1-30,46H. The van der Waals surface area contributed by atoms with Gasteiger partial charge in [-0.25, -0.2) is 9.98 Å². The predicted octanol–water partition coefficient (Wildman–Crippen LogP) is 11.4. The molecule has 0 aliphatic rings. The summed E-state index contributed by atoms with van der Waals surface area (Å²) in [5, 5.41) is 16.2. The largest absolute Gasteiger partial charge is 0.282 e. The topological polar surface area (TPSA) is 48.6 Å². The van der Waals surface area contributed by atoms with Crippen LogP contribution in [0.25, 0.3) is 54.6 Å². The van der Waals surface area contributed by atoms with E-state index >= 15 is 0 Å². The molecule has 0 bridgehead atoms. The Morgan fingerprint density at radius 1 is 0.396 bits per heavy atom. The fraction of sp³-hybridized carbons (Fsp3) is 0. The highest BCUT2D eigenvalue weighted by Crippen LogP contribution is 2.37. The highest BCUT2D eigenvalue weighted by molar-refractivity contribution is 6.25. The van der Waals surface area contributed by atoms with Crippen LogP contribution in [0.3, 0.4) is 0 Å². The normalized spacial score (nSPS) is 11.9. The first-order chi connectivity index (χ1) is 23.7. The van der Waals surface area contributed by atoms with Gasteiger partial charge in [0, 0.05) is 17.3 Å². The van der Waals surface area contributed by atoms with E-state index in [4.69, 9.17) is 10.4 Å². The smallest absolute Gasteiger partial charge is 0.161 e. The van der Waals surface area contributed by atoms with Crippen molar-refractivity contribution in [2.45, 2.75) is 0 Å². The summed E-state index contributed by atoms with van der Waals surface area (Å²) in [7, 11) is 0. The number of rotatable bonds is 5. The number of aliphatic imine (C=N–C) groups is 2. The van der Waals surface area contributed by atoms with Crippen LogP contribution in [0, 0.1) is 5.41 Å². The van der Waals surface area contributed by atoms with Crippen molar-refractivity contribution in [1.29, 1.82) is 5.41 Å². The van der Waals surface area contributed by atoms with Crippen LogP contribution in [0.1, 0.15) is 16.7 Å². The second-order valence-corrected chi connectivity index (χ2v) is 11.8. The van der Waals surface area contributed by atoms with E-state index in [0.29, 0.717) is 5.84 Å². The number of fused-ring (bicyclic) bond motifs is 6. The third-order valence-corrected chi connectivity index (χ3v) is 8.79. The molecule has 0 aromatic heterocycles. The molecule has 0 radical (unpaired) electrons. The first-order valence-corrected chi connectivity index (χ1v) is 16.1. The van der Waals surface area contributed by atoms with E-state index in [-0.39, 0.29) is 5.84 Å². The fourth-order valence-electron chi connectivity index (χ4n) is 6.42. The summed E-state index contributed by atoms with van der Waals surface area (Å²) >= 11 is 0. The van der Waals surface area contributed by atoms with E-state index in [1.807, 2.05) is 72.9 Å². The first-order valence-electron chi connectivity index (χ1n) is 16.1. The molecular weight excluding hydrogens is 583 g/mol. The van der Waals surface area contributed by atoms with Crippen LogP contribution in [0.4, 0.5) is 0 Å². The highest BCUT2D eigenvalue weighted by Gasteiger charge is 2.11. The summed E-state index contributed by atoms with van der Waals surface area (Å²) in [6.45, 7) is 0. The van der Waals surface area contributed by atoms with Crippen molar-refractivity contribution >= 4 is 50.2 Å². The van der Waals surface area contributed by atoms with E-state index in [1.54, 1.807) is 0 Å². The second-order valence-electron chi connectivity index (χ2n) is 11.8. The minimum absolute atomic E-state index is 0.173. The Morgan fingerprint density at radius 3 is 1.50 bits per heavy atom. The summed E-state index contributed by atoms with van der Waals surface area (Å²) in [4.78, 5) is 9.41. The predicted molar refractivity (Wildman–Crippen MR) is 204 cm³/mol. The highest BCUT2D eigenvalue weighted by atomic mass is 14.9. The van der Waals surface area contributed by atoms with Crippen LogP contribution in [0.15, 0.2) is 186 Å². The Morgan fingerprint density at radius 2 is 0.875 bits per heavy atom. The third kappa shape index (κ3) is 5.70. The average Bonchev–Trinajstić information content (AvgIpc) is 3.17. The summed E-state index contributed by atoms with van der Waals surface area (Å²) < 4.78 is 0. The second kappa shape index (κ2) is 12.7. The number of hydrogen-bond donors (Lipinski definition) is 1. The van der Waals surface area contributed by atoms with E-state index in [2.05, 4.69) is 114 Å². The first kappa shape index (κ1) is 29.0. The molecule has 48 heavy (non-hydrogen) atoms. The molecule has 8 aromatic carbocycles. The zero-order chi connectivity index (χ0) is 32.3. The molecule has 0 aliphatic heterocycles. The van der Waals surface area contributed by atoms with E-state index < -0.39 is 0 Å². The van der Waals surface area contributed by atoms with Crippen molar-refractivity contribution < 1.29 is 0 Å². The minimum Gasteiger partial charge on any atom is -0.282 e. The number of hydrogen-bond acceptors (Lipinski definition) is 1. The van der Waals surface area contributed by atoms with Crippen LogP contribution in [0.2, 0.25) is 0 Å². The number of nitrogens with one attached hydrogen (secondary N) is 1. The van der Waals surface area contributed by atoms with Gasteiger partial charge in [0.05, 0.1) is 0 Å². The van der Waals surface area contributed by atoms with Crippen molar-refractivity contribution in [2.75, 3.05) is 0 Å². The summed E-state index contributed by atoms with van der Waals surface area (Å²) in [5.41, 5.74) is 7.15. The molecule has 0 saturated carbocycles. The number of benzene rings is 8. The molecule has 1 N–H and O–H groups in total. The van der Waals surface area contributed by atoms with Gasteiger partial charge in [-0.2, -0.15) is 0 Å². The third-order valence-electron chi connectivity index (χ3n) is 8.79. The molecular formula is C45H31N3. The Bertz CT molecular complexity index is 2480. The Hall–Kier alpha value is -6.45. The summed E-state index contributed by atoms with van der Waals surface area (Å²) in [5.74, 6) is 0.667.